The lowest BCUT2D eigenvalue weighted by molar-refractivity contribution is 0.197. The van der Waals surface area contributed by atoms with E-state index in [1.807, 2.05) is 23.6 Å². The molecule has 1 unspecified atom stereocenters. The van der Waals surface area contributed by atoms with E-state index in [9.17, 15) is 0 Å². The van der Waals surface area contributed by atoms with Crippen molar-refractivity contribution in [1.29, 1.82) is 0 Å². The number of aromatic nitrogens is 1. The van der Waals surface area contributed by atoms with Crippen LogP contribution in [0.15, 0.2) is 29.8 Å². The number of nitrogens with one attached hydrogen (secondary N) is 1. The van der Waals surface area contributed by atoms with Crippen molar-refractivity contribution in [2.24, 2.45) is 0 Å². The Morgan fingerprint density at radius 1 is 1.24 bits per heavy atom. The molecule has 2 rings (SSSR count). The zero-order valence-electron chi connectivity index (χ0n) is 12.5. The summed E-state index contributed by atoms with van der Waals surface area (Å²) in [4.78, 5) is 4.42. The molecule has 0 aliphatic carbocycles. The molecule has 1 heterocycles. The van der Waals surface area contributed by atoms with Crippen LogP contribution in [-0.4, -0.2) is 39.5 Å². The highest BCUT2D eigenvalue weighted by Gasteiger charge is 2.22. The summed E-state index contributed by atoms with van der Waals surface area (Å²) in [6.07, 6.45) is 1.80. The van der Waals surface area contributed by atoms with Gasteiger partial charge in [0.2, 0.25) is 0 Å². The van der Waals surface area contributed by atoms with E-state index in [4.69, 9.17) is 14.2 Å². The molecule has 6 heteroatoms. The highest BCUT2D eigenvalue weighted by molar-refractivity contribution is 7.09. The molecule has 5 nitrogen and oxygen atoms in total. The van der Waals surface area contributed by atoms with Crippen molar-refractivity contribution < 1.29 is 14.2 Å². The van der Waals surface area contributed by atoms with E-state index in [0.717, 1.165) is 22.9 Å². The van der Waals surface area contributed by atoms with E-state index in [1.165, 1.54) is 0 Å². The average molecular weight is 308 g/mol. The van der Waals surface area contributed by atoms with E-state index < -0.39 is 0 Å². The second kappa shape index (κ2) is 7.97. The predicted molar refractivity (Wildman–Crippen MR) is 83.4 cm³/mol. The van der Waals surface area contributed by atoms with Crippen LogP contribution in [0, 0.1) is 0 Å². The molecule has 1 atom stereocenters. The van der Waals surface area contributed by atoms with Gasteiger partial charge in [-0.05, 0) is 6.07 Å². The minimum absolute atomic E-state index is 0.0507. The van der Waals surface area contributed by atoms with E-state index in [2.05, 4.69) is 10.3 Å². The van der Waals surface area contributed by atoms with Gasteiger partial charge in [-0.3, -0.25) is 0 Å². The summed E-state index contributed by atoms with van der Waals surface area (Å²) in [6.45, 7) is 1.36. The number of methoxy groups -OCH3 is 3. The lowest BCUT2D eigenvalue weighted by atomic mass is 10.1. The summed E-state index contributed by atoms with van der Waals surface area (Å²) >= 11 is 1.61. The van der Waals surface area contributed by atoms with Crippen LogP contribution in [0.5, 0.6) is 11.5 Å². The third kappa shape index (κ3) is 3.72. The van der Waals surface area contributed by atoms with E-state index in [-0.39, 0.29) is 6.04 Å². The SMILES string of the molecule is COCCNC(c1nccs1)c1cccc(OC)c1OC. The van der Waals surface area contributed by atoms with Gasteiger partial charge in [-0.15, -0.1) is 11.3 Å². The summed E-state index contributed by atoms with van der Waals surface area (Å²) in [5.41, 5.74) is 1.00. The minimum atomic E-state index is -0.0507. The van der Waals surface area contributed by atoms with Gasteiger partial charge in [-0.1, -0.05) is 12.1 Å². The van der Waals surface area contributed by atoms with Crippen molar-refractivity contribution in [3.05, 3.63) is 40.3 Å². The second-order valence-electron chi connectivity index (χ2n) is 4.33. The van der Waals surface area contributed by atoms with E-state index in [1.54, 1.807) is 38.9 Å². The molecule has 0 fully saturated rings. The number of hydrogen-bond donors (Lipinski definition) is 1. The predicted octanol–water partition coefficient (Wildman–Crippen LogP) is 2.49. The Morgan fingerprint density at radius 2 is 2.10 bits per heavy atom. The van der Waals surface area contributed by atoms with E-state index >= 15 is 0 Å². The first-order valence-corrected chi connectivity index (χ1v) is 7.52. The largest absolute Gasteiger partial charge is 0.493 e. The summed E-state index contributed by atoms with van der Waals surface area (Å²) in [7, 11) is 4.97. The fourth-order valence-corrected chi connectivity index (χ4v) is 2.88. The third-order valence-corrected chi connectivity index (χ3v) is 3.94. The van der Waals surface area contributed by atoms with Crippen LogP contribution in [0.1, 0.15) is 16.6 Å². The van der Waals surface area contributed by atoms with Gasteiger partial charge in [0, 0.05) is 30.8 Å². The Bertz CT molecular complexity index is 546. The van der Waals surface area contributed by atoms with Gasteiger partial charge in [-0.25, -0.2) is 4.98 Å². The van der Waals surface area contributed by atoms with Crippen molar-refractivity contribution in [3.8, 4) is 11.5 Å². The van der Waals surface area contributed by atoms with Crippen LogP contribution >= 0.6 is 11.3 Å². The second-order valence-corrected chi connectivity index (χ2v) is 5.26. The molecule has 1 aromatic carbocycles. The molecule has 0 aliphatic rings. The number of para-hydroxylation sites is 1. The molecule has 0 spiro atoms. The maximum absolute atomic E-state index is 5.53. The van der Waals surface area contributed by atoms with E-state index in [0.29, 0.717) is 12.4 Å². The Labute approximate surface area is 128 Å². The minimum Gasteiger partial charge on any atom is -0.493 e. The van der Waals surface area contributed by atoms with Crippen molar-refractivity contribution in [2.45, 2.75) is 6.04 Å². The third-order valence-electron chi connectivity index (χ3n) is 3.10. The number of nitrogens with zero attached hydrogens (tertiary/aromatic N) is 1. The lowest BCUT2D eigenvalue weighted by Gasteiger charge is -2.20. The first-order valence-electron chi connectivity index (χ1n) is 6.64. The molecule has 0 saturated heterocycles. The first kappa shape index (κ1) is 15.8. The van der Waals surface area contributed by atoms with Crippen LogP contribution in [0.3, 0.4) is 0 Å². The molecule has 0 amide bonds. The summed E-state index contributed by atoms with van der Waals surface area (Å²) < 4.78 is 16.0. The summed E-state index contributed by atoms with van der Waals surface area (Å²) in [6, 6.07) is 5.81. The van der Waals surface area contributed by atoms with Crippen LogP contribution < -0.4 is 14.8 Å². The number of thiazole rings is 1. The maximum atomic E-state index is 5.53. The number of benzene rings is 1. The Morgan fingerprint density at radius 3 is 2.71 bits per heavy atom. The van der Waals surface area contributed by atoms with Gasteiger partial charge in [0.05, 0.1) is 26.9 Å². The quantitative estimate of drug-likeness (QED) is 0.759. The zero-order valence-corrected chi connectivity index (χ0v) is 13.3. The van der Waals surface area contributed by atoms with Gasteiger partial charge < -0.3 is 19.5 Å². The van der Waals surface area contributed by atoms with Gasteiger partial charge in [0.1, 0.15) is 5.01 Å². The summed E-state index contributed by atoms with van der Waals surface area (Å²) in [5.74, 6) is 1.44. The molecule has 114 valence electrons. The molecule has 0 saturated carbocycles. The molecule has 0 bridgehead atoms. The van der Waals surface area contributed by atoms with Gasteiger partial charge in [0.25, 0.3) is 0 Å². The zero-order chi connectivity index (χ0) is 15.1. The monoisotopic (exact) mass is 308 g/mol. The van der Waals surface area contributed by atoms with Gasteiger partial charge in [0.15, 0.2) is 11.5 Å². The van der Waals surface area contributed by atoms with Crippen LogP contribution in [-0.2, 0) is 4.74 Å². The number of hydrogen-bond acceptors (Lipinski definition) is 6. The molecular formula is C15H20N2O3S. The molecule has 1 aromatic heterocycles. The number of ether oxygens (including phenoxy) is 3. The maximum Gasteiger partial charge on any atom is 0.165 e. The van der Waals surface area contributed by atoms with Crippen molar-refractivity contribution in [1.82, 2.24) is 10.3 Å². The molecule has 21 heavy (non-hydrogen) atoms. The average Bonchev–Trinajstić information content (AvgIpc) is 3.05. The van der Waals surface area contributed by atoms with Crippen LogP contribution in [0.4, 0.5) is 0 Å². The van der Waals surface area contributed by atoms with Crippen molar-refractivity contribution >= 4 is 11.3 Å². The first-order chi connectivity index (χ1) is 10.3. The van der Waals surface area contributed by atoms with Crippen LogP contribution in [0.2, 0.25) is 0 Å². The topological polar surface area (TPSA) is 52.6 Å². The highest BCUT2D eigenvalue weighted by Crippen LogP contribution is 2.37. The molecule has 1 N–H and O–H groups in total. The van der Waals surface area contributed by atoms with Gasteiger partial charge >= 0.3 is 0 Å². The molecule has 0 aliphatic heterocycles. The van der Waals surface area contributed by atoms with Crippen LogP contribution in [0.25, 0.3) is 0 Å². The molecule has 0 radical (unpaired) electrons. The summed E-state index contributed by atoms with van der Waals surface area (Å²) in [5, 5.41) is 6.40. The van der Waals surface area contributed by atoms with Crippen molar-refractivity contribution in [3.63, 3.8) is 0 Å². The Kier molecular flexibility index (Phi) is 5.98. The highest BCUT2D eigenvalue weighted by atomic mass is 32.1. The lowest BCUT2D eigenvalue weighted by Crippen LogP contribution is -2.26. The smallest absolute Gasteiger partial charge is 0.165 e. The number of rotatable bonds is 8. The van der Waals surface area contributed by atoms with Crippen molar-refractivity contribution in [2.75, 3.05) is 34.5 Å². The molecule has 2 aromatic rings. The fraction of sp³-hybridized carbons (Fsp3) is 0.400. The Hall–Kier alpha value is -1.63. The molecular weight excluding hydrogens is 288 g/mol. The fourth-order valence-electron chi connectivity index (χ4n) is 2.15. The van der Waals surface area contributed by atoms with Gasteiger partial charge in [-0.2, -0.15) is 0 Å². The Balaban J connectivity index is 2.36. The standard InChI is InChI=1S/C15H20N2O3S/c1-18-9-7-16-13(15-17-8-10-21-15)11-5-4-6-12(19-2)14(11)20-3/h4-6,8,10,13,16H,7,9H2,1-3H3. The normalized spacial score (nSPS) is 12.1.